The predicted molar refractivity (Wildman–Crippen MR) is 94.3 cm³/mol. The number of benzene rings is 1. The van der Waals surface area contributed by atoms with E-state index in [1.54, 1.807) is 12.4 Å². The topological polar surface area (TPSA) is 45.8 Å². The quantitative estimate of drug-likeness (QED) is 0.726. The van der Waals surface area contributed by atoms with E-state index < -0.39 is 0 Å². The second-order valence-electron chi connectivity index (χ2n) is 5.49. The third kappa shape index (κ3) is 3.14. The fourth-order valence-corrected chi connectivity index (χ4v) is 2.48. The highest BCUT2D eigenvalue weighted by Crippen LogP contribution is 2.24. The zero-order chi connectivity index (χ0) is 16.2. The summed E-state index contributed by atoms with van der Waals surface area (Å²) < 4.78 is 0. The fourth-order valence-electron chi connectivity index (χ4n) is 2.48. The summed E-state index contributed by atoms with van der Waals surface area (Å²) in [5.41, 5.74) is 4.34. The molecule has 3 rings (SSSR count). The minimum atomic E-state index is -0.103. The van der Waals surface area contributed by atoms with E-state index >= 15 is 0 Å². The lowest BCUT2D eigenvalue weighted by Crippen LogP contribution is -2.08. The van der Waals surface area contributed by atoms with E-state index in [2.05, 4.69) is 23.5 Å². The summed E-state index contributed by atoms with van der Waals surface area (Å²) >= 11 is 0. The number of rotatable bonds is 4. The molecule has 2 heterocycles. The molecule has 0 fully saturated rings. The maximum Gasteiger partial charge on any atom is 0.255 e. The Morgan fingerprint density at radius 3 is 2.57 bits per heavy atom. The minimum absolute atomic E-state index is 0.103. The minimum Gasteiger partial charge on any atom is -0.328 e. The average molecular weight is 302 g/mol. The Kier molecular flexibility index (Phi) is 4.20. The van der Waals surface area contributed by atoms with Crippen LogP contribution in [0.3, 0.4) is 0 Å². The van der Waals surface area contributed by atoms with Gasteiger partial charge >= 0.3 is 0 Å². The van der Waals surface area contributed by atoms with Crippen LogP contribution in [0.15, 0.2) is 78.4 Å². The number of hydrogen-bond donors (Lipinski definition) is 1. The number of nitrogens with one attached hydrogen (secondary N) is 1. The van der Waals surface area contributed by atoms with Gasteiger partial charge in [-0.2, -0.15) is 0 Å². The zero-order valence-electron chi connectivity index (χ0n) is 13.0. The summed E-state index contributed by atoms with van der Waals surface area (Å²) in [6, 6.07) is 15.6. The third-order valence-electron chi connectivity index (χ3n) is 3.96. The van der Waals surface area contributed by atoms with Gasteiger partial charge in [0, 0.05) is 23.5 Å². The summed E-state index contributed by atoms with van der Waals surface area (Å²) in [4.78, 5) is 19.3. The number of nitrogens with zero attached hydrogens (tertiary/aromatic N) is 1. The molecule has 3 heteroatoms. The van der Waals surface area contributed by atoms with Crippen molar-refractivity contribution in [2.24, 2.45) is 0 Å². The van der Waals surface area contributed by atoms with Gasteiger partial charge in [-0.1, -0.05) is 43.3 Å². The third-order valence-corrected chi connectivity index (χ3v) is 3.96. The molecule has 0 aliphatic heterocycles. The van der Waals surface area contributed by atoms with Crippen molar-refractivity contribution in [3.63, 3.8) is 0 Å². The molecule has 0 aliphatic rings. The van der Waals surface area contributed by atoms with Crippen molar-refractivity contribution in [2.45, 2.75) is 12.8 Å². The Morgan fingerprint density at radius 2 is 1.91 bits per heavy atom. The normalized spacial score (nSPS) is 11.9. The summed E-state index contributed by atoms with van der Waals surface area (Å²) in [6.07, 6.45) is 5.34. The molecule has 0 spiro atoms. The van der Waals surface area contributed by atoms with Crippen molar-refractivity contribution in [3.05, 3.63) is 89.5 Å². The van der Waals surface area contributed by atoms with Crippen LogP contribution in [0.5, 0.6) is 0 Å². The molecule has 1 unspecified atom stereocenters. The Labute approximate surface area is 135 Å². The SMILES string of the molecule is C=CC(C)c1ccc(-c2cc(-c3ccccn3)c[nH]c2=O)cc1. The first-order chi connectivity index (χ1) is 11.2. The molecular formula is C20H18N2O. The molecule has 0 aliphatic carbocycles. The van der Waals surface area contributed by atoms with Gasteiger partial charge in [-0.05, 0) is 35.2 Å². The maximum atomic E-state index is 12.2. The lowest BCUT2D eigenvalue weighted by molar-refractivity contribution is 0.971. The van der Waals surface area contributed by atoms with Crippen molar-refractivity contribution in [2.75, 3.05) is 0 Å². The molecule has 0 bridgehead atoms. The van der Waals surface area contributed by atoms with Crippen LogP contribution in [0.4, 0.5) is 0 Å². The summed E-state index contributed by atoms with van der Waals surface area (Å²) in [7, 11) is 0. The van der Waals surface area contributed by atoms with Crippen molar-refractivity contribution in [1.82, 2.24) is 9.97 Å². The molecule has 3 aromatic rings. The fraction of sp³-hybridized carbons (Fsp3) is 0.100. The van der Waals surface area contributed by atoms with Gasteiger partial charge in [0.1, 0.15) is 0 Å². The standard InChI is InChI=1S/C20H18N2O/c1-3-14(2)15-7-9-16(10-8-15)18-12-17(13-22-20(18)23)19-6-4-5-11-21-19/h3-14H,1H2,2H3,(H,22,23). The monoisotopic (exact) mass is 302 g/mol. The first-order valence-corrected chi connectivity index (χ1v) is 7.56. The number of pyridine rings is 2. The molecule has 2 aromatic heterocycles. The van der Waals surface area contributed by atoms with Crippen LogP contribution >= 0.6 is 0 Å². The molecule has 1 atom stereocenters. The average Bonchev–Trinajstić information content (AvgIpc) is 2.62. The number of hydrogen-bond acceptors (Lipinski definition) is 2. The smallest absolute Gasteiger partial charge is 0.255 e. The number of H-pyrrole nitrogens is 1. The molecule has 3 nitrogen and oxygen atoms in total. The highest BCUT2D eigenvalue weighted by Gasteiger charge is 2.08. The Morgan fingerprint density at radius 1 is 1.13 bits per heavy atom. The van der Waals surface area contributed by atoms with E-state index in [4.69, 9.17) is 0 Å². The van der Waals surface area contributed by atoms with Crippen molar-refractivity contribution in [1.29, 1.82) is 0 Å². The predicted octanol–water partition coefficient (Wildman–Crippen LogP) is 4.39. The van der Waals surface area contributed by atoms with Gasteiger partial charge in [-0.3, -0.25) is 9.78 Å². The lowest BCUT2D eigenvalue weighted by atomic mass is 9.97. The number of allylic oxidation sites excluding steroid dienone is 1. The van der Waals surface area contributed by atoms with Crippen molar-refractivity contribution >= 4 is 0 Å². The van der Waals surface area contributed by atoms with Gasteiger partial charge in [-0.15, -0.1) is 6.58 Å². The summed E-state index contributed by atoms with van der Waals surface area (Å²) in [6.45, 7) is 5.91. The largest absolute Gasteiger partial charge is 0.328 e. The Balaban J connectivity index is 2.03. The van der Waals surface area contributed by atoms with E-state index in [0.717, 1.165) is 16.8 Å². The van der Waals surface area contributed by atoms with Crippen LogP contribution in [-0.4, -0.2) is 9.97 Å². The molecule has 0 amide bonds. The van der Waals surface area contributed by atoms with Crippen molar-refractivity contribution < 1.29 is 0 Å². The second-order valence-corrected chi connectivity index (χ2v) is 5.49. The van der Waals surface area contributed by atoms with Gasteiger partial charge in [0.15, 0.2) is 0 Å². The highest BCUT2D eigenvalue weighted by molar-refractivity contribution is 5.70. The zero-order valence-corrected chi connectivity index (χ0v) is 13.0. The van der Waals surface area contributed by atoms with Gasteiger partial charge in [-0.25, -0.2) is 0 Å². The van der Waals surface area contributed by atoms with Gasteiger partial charge in [0.05, 0.1) is 5.69 Å². The van der Waals surface area contributed by atoms with Crippen LogP contribution in [0.1, 0.15) is 18.4 Å². The van der Waals surface area contributed by atoms with Crippen LogP contribution in [-0.2, 0) is 0 Å². The van der Waals surface area contributed by atoms with E-state index in [1.165, 1.54) is 5.56 Å². The second kappa shape index (κ2) is 6.44. The molecule has 1 aromatic carbocycles. The number of aromatic amines is 1. The van der Waals surface area contributed by atoms with Gasteiger partial charge in [0.25, 0.3) is 5.56 Å². The summed E-state index contributed by atoms with van der Waals surface area (Å²) in [5.74, 6) is 0.294. The highest BCUT2D eigenvalue weighted by atomic mass is 16.1. The Bertz CT molecular complexity index is 864. The van der Waals surface area contributed by atoms with Crippen LogP contribution in [0.2, 0.25) is 0 Å². The van der Waals surface area contributed by atoms with E-state index in [9.17, 15) is 4.79 Å². The molecule has 1 N–H and O–H groups in total. The molecular weight excluding hydrogens is 284 g/mol. The van der Waals surface area contributed by atoms with Crippen LogP contribution in [0.25, 0.3) is 22.4 Å². The molecule has 23 heavy (non-hydrogen) atoms. The first kappa shape index (κ1) is 15.0. The summed E-state index contributed by atoms with van der Waals surface area (Å²) in [5, 5.41) is 0. The molecule has 0 saturated carbocycles. The maximum absolute atomic E-state index is 12.2. The number of aromatic nitrogens is 2. The lowest BCUT2D eigenvalue weighted by Gasteiger charge is -2.08. The van der Waals surface area contributed by atoms with E-state index in [-0.39, 0.29) is 5.56 Å². The van der Waals surface area contributed by atoms with E-state index in [1.807, 2.05) is 54.6 Å². The molecule has 0 radical (unpaired) electrons. The molecule has 114 valence electrons. The first-order valence-electron chi connectivity index (χ1n) is 7.56. The van der Waals surface area contributed by atoms with Gasteiger partial charge in [0.2, 0.25) is 0 Å². The van der Waals surface area contributed by atoms with Crippen molar-refractivity contribution in [3.8, 4) is 22.4 Å². The van der Waals surface area contributed by atoms with E-state index in [0.29, 0.717) is 11.5 Å². The van der Waals surface area contributed by atoms with Gasteiger partial charge < -0.3 is 4.98 Å². The Hall–Kier alpha value is -2.94. The molecule has 0 saturated heterocycles. The van der Waals surface area contributed by atoms with Crippen LogP contribution < -0.4 is 5.56 Å². The van der Waals surface area contributed by atoms with Crippen LogP contribution in [0, 0.1) is 0 Å².